The number of amides is 1. The minimum atomic E-state index is -1.02. The predicted molar refractivity (Wildman–Crippen MR) is 114 cm³/mol. The average molecular weight is 413 g/mol. The Bertz CT molecular complexity index is 380. The molecule has 0 aromatic heterocycles. The molecule has 0 bridgehead atoms. The average Bonchev–Trinajstić information content (AvgIpc) is 2.63. The van der Waals surface area contributed by atoms with Gasteiger partial charge in [0, 0.05) is 32.6 Å². The molecular formula is C20H41N2NaO5. The second-order valence-corrected chi connectivity index (χ2v) is 7.08. The summed E-state index contributed by atoms with van der Waals surface area (Å²) in [7, 11) is 0. The van der Waals surface area contributed by atoms with E-state index in [0.29, 0.717) is 32.6 Å². The van der Waals surface area contributed by atoms with Crippen LogP contribution in [0.25, 0.3) is 0 Å². The molecule has 1 amide bonds. The minimum absolute atomic E-state index is 0. The molecule has 0 aromatic carbocycles. The van der Waals surface area contributed by atoms with Crippen molar-refractivity contribution in [1.29, 1.82) is 0 Å². The van der Waals surface area contributed by atoms with Crippen LogP contribution >= 0.6 is 0 Å². The van der Waals surface area contributed by atoms with Gasteiger partial charge in [-0.25, -0.2) is 0 Å². The third-order valence-corrected chi connectivity index (χ3v) is 4.69. The van der Waals surface area contributed by atoms with Crippen LogP contribution in [0.2, 0.25) is 0 Å². The van der Waals surface area contributed by atoms with Crippen LogP contribution < -0.4 is 0 Å². The van der Waals surface area contributed by atoms with E-state index in [4.69, 9.17) is 15.3 Å². The number of aliphatic hydroxyl groups excluding tert-OH is 2. The topological polar surface area (TPSA) is 101 Å². The van der Waals surface area contributed by atoms with Crippen molar-refractivity contribution >= 4 is 41.4 Å². The fourth-order valence-electron chi connectivity index (χ4n) is 3.08. The predicted octanol–water partition coefficient (Wildman–Crippen LogP) is 1.46. The van der Waals surface area contributed by atoms with E-state index in [1.54, 1.807) is 0 Å². The normalized spacial score (nSPS) is 10.7. The van der Waals surface area contributed by atoms with Crippen LogP contribution in [0.3, 0.4) is 0 Å². The first-order valence-corrected chi connectivity index (χ1v) is 10.5. The molecule has 0 saturated heterocycles. The molecule has 0 aliphatic heterocycles. The van der Waals surface area contributed by atoms with Crippen LogP contribution in [0, 0.1) is 0 Å². The number of nitrogens with zero attached hydrogens (tertiary/aromatic N) is 2. The van der Waals surface area contributed by atoms with E-state index < -0.39 is 5.97 Å². The summed E-state index contributed by atoms with van der Waals surface area (Å²) in [6, 6.07) is 0. The molecule has 0 rings (SSSR count). The Morgan fingerprint density at radius 1 is 0.750 bits per heavy atom. The van der Waals surface area contributed by atoms with Gasteiger partial charge in [0.2, 0.25) is 5.91 Å². The fraction of sp³-hybridized carbons (Fsp3) is 0.900. The summed E-state index contributed by atoms with van der Waals surface area (Å²) in [6.07, 6.45) is 10.9. The molecule has 0 radical (unpaired) electrons. The van der Waals surface area contributed by atoms with Crippen molar-refractivity contribution in [3.05, 3.63) is 0 Å². The van der Waals surface area contributed by atoms with E-state index in [0.717, 1.165) is 19.3 Å². The monoisotopic (exact) mass is 412 g/mol. The zero-order valence-electron chi connectivity index (χ0n) is 17.1. The molecule has 3 N–H and O–H groups in total. The number of hydrogen-bond donors (Lipinski definition) is 3. The molecule has 0 heterocycles. The number of aliphatic carboxylic acids is 1. The van der Waals surface area contributed by atoms with Crippen molar-refractivity contribution < 1.29 is 24.9 Å². The first-order chi connectivity index (χ1) is 13.0. The summed E-state index contributed by atoms with van der Waals surface area (Å²) in [5.74, 6) is -1.15. The van der Waals surface area contributed by atoms with Gasteiger partial charge in [-0.3, -0.25) is 14.5 Å². The van der Waals surface area contributed by atoms with Crippen LogP contribution in [-0.2, 0) is 9.59 Å². The van der Waals surface area contributed by atoms with E-state index in [1.165, 1.54) is 43.4 Å². The van der Waals surface area contributed by atoms with Gasteiger partial charge < -0.3 is 20.2 Å². The Hall–Kier alpha value is -0.180. The van der Waals surface area contributed by atoms with Gasteiger partial charge in [-0.15, -0.1) is 0 Å². The van der Waals surface area contributed by atoms with Gasteiger partial charge in [0.1, 0.15) is 6.54 Å². The molecule has 8 heteroatoms. The molecule has 0 unspecified atom stereocenters. The van der Waals surface area contributed by atoms with Gasteiger partial charge in [-0.1, -0.05) is 58.3 Å². The summed E-state index contributed by atoms with van der Waals surface area (Å²) in [4.78, 5) is 26.6. The van der Waals surface area contributed by atoms with E-state index >= 15 is 0 Å². The fourth-order valence-corrected chi connectivity index (χ4v) is 3.08. The Morgan fingerprint density at radius 2 is 1.25 bits per heavy atom. The maximum atomic E-state index is 12.4. The molecule has 0 saturated carbocycles. The number of carboxylic acids is 1. The number of rotatable bonds is 19. The number of unbranched alkanes of at least 4 members (excludes halogenated alkanes) is 8. The summed E-state index contributed by atoms with van der Waals surface area (Å²) in [5.41, 5.74) is 0. The maximum absolute atomic E-state index is 12.4. The first kappa shape index (κ1) is 30.0. The van der Waals surface area contributed by atoms with Crippen LogP contribution in [0.5, 0.6) is 0 Å². The zero-order chi connectivity index (χ0) is 20.3. The molecule has 162 valence electrons. The van der Waals surface area contributed by atoms with E-state index in [9.17, 15) is 9.59 Å². The first-order valence-electron chi connectivity index (χ1n) is 10.5. The van der Waals surface area contributed by atoms with Crippen LogP contribution in [0.15, 0.2) is 0 Å². The Kier molecular flexibility index (Phi) is 23.1. The van der Waals surface area contributed by atoms with Crippen LogP contribution in [-0.4, -0.2) is 112 Å². The van der Waals surface area contributed by atoms with E-state index in [-0.39, 0.29) is 55.2 Å². The van der Waals surface area contributed by atoms with Crippen molar-refractivity contribution in [3.63, 3.8) is 0 Å². The number of carbonyl (C=O) groups is 2. The van der Waals surface area contributed by atoms with Crippen molar-refractivity contribution in [2.45, 2.75) is 71.1 Å². The molecule has 7 nitrogen and oxygen atoms in total. The number of carbonyl (C=O) groups excluding carboxylic acids is 1. The van der Waals surface area contributed by atoms with E-state index in [2.05, 4.69) is 6.92 Å². The van der Waals surface area contributed by atoms with E-state index in [1.807, 2.05) is 4.90 Å². The quantitative estimate of drug-likeness (QED) is 0.219. The molecule has 28 heavy (non-hydrogen) atoms. The summed E-state index contributed by atoms with van der Waals surface area (Å²) < 4.78 is 0. The Balaban J connectivity index is 0. The van der Waals surface area contributed by atoms with Crippen molar-refractivity contribution in [1.82, 2.24) is 9.80 Å². The molecule has 0 spiro atoms. The van der Waals surface area contributed by atoms with Gasteiger partial charge in [0.05, 0.1) is 13.2 Å². The van der Waals surface area contributed by atoms with Crippen molar-refractivity contribution in [2.24, 2.45) is 0 Å². The van der Waals surface area contributed by atoms with Gasteiger partial charge >= 0.3 is 35.5 Å². The second kappa shape index (κ2) is 21.5. The molecular weight excluding hydrogens is 371 g/mol. The number of hydrogen-bond acceptors (Lipinski definition) is 5. The summed E-state index contributed by atoms with van der Waals surface area (Å²) in [6.45, 7) is 3.36. The summed E-state index contributed by atoms with van der Waals surface area (Å²) in [5, 5.41) is 27.1. The third-order valence-electron chi connectivity index (χ3n) is 4.69. The zero-order valence-corrected chi connectivity index (χ0v) is 17.1. The van der Waals surface area contributed by atoms with Gasteiger partial charge in [-0.05, 0) is 6.42 Å². The molecule has 0 aliphatic rings. The Labute approximate surface area is 192 Å². The second-order valence-electron chi connectivity index (χ2n) is 7.08. The van der Waals surface area contributed by atoms with Crippen LogP contribution in [0.1, 0.15) is 71.1 Å². The van der Waals surface area contributed by atoms with Gasteiger partial charge in [0.25, 0.3) is 0 Å². The number of carboxylic acid groups (broad SMARTS) is 1. The van der Waals surface area contributed by atoms with Crippen molar-refractivity contribution in [3.8, 4) is 0 Å². The molecule has 0 aromatic rings. The summed E-state index contributed by atoms with van der Waals surface area (Å²) >= 11 is 0. The molecule has 0 fully saturated rings. The Morgan fingerprint density at radius 3 is 1.71 bits per heavy atom. The number of aliphatic hydroxyl groups is 2. The van der Waals surface area contributed by atoms with Crippen molar-refractivity contribution in [2.75, 3.05) is 45.9 Å². The SMILES string of the molecule is CCCCCCCCCCCC(=O)N(CCN(CCO)CCO)CC(=O)O.[NaH]. The molecule has 0 aliphatic carbocycles. The van der Waals surface area contributed by atoms with Crippen LogP contribution in [0.4, 0.5) is 0 Å². The van der Waals surface area contributed by atoms with Gasteiger partial charge in [-0.2, -0.15) is 0 Å². The standard InChI is InChI=1S/C20H40N2O5.Na.H/c1-2-3-4-5-6-7-8-9-10-11-19(25)22(18-20(26)27)13-12-21(14-16-23)15-17-24;;/h23-24H,2-18H2,1H3,(H,26,27);;. The van der Waals surface area contributed by atoms with Gasteiger partial charge in [0.15, 0.2) is 0 Å². The third kappa shape index (κ3) is 17.9. The molecule has 0 atom stereocenters.